The Balaban J connectivity index is 2.00. The van der Waals surface area contributed by atoms with E-state index in [9.17, 15) is 4.79 Å². The smallest absolute Gasteiger partial charge is 0.252 e. The fourth-order valence-corrected chi connectivity index (χ4v) is 3.21. The molecular weight excluding hydrogens is 348 g/mol. The van der Waals surface area contributed by atoms with Crippen molar-refractivity contribution in [3.63, 3.8) is 0 Å². The zero-order valence-electron chi connectivity index (χ0n) is 15.6. The van der Waals surface area contributed by atoms with Gasteiger partial charge in [0.15, 0.2) is 0 Å². The van der Waals surface area contributed by atoms with E-state index in [2.05, 4.69) is 23.5 Å². The molecule has 0 saturated heterocycles. The Bertz CT molecular complexity index is 1210. The van der Waals surface area contributed by atoms with Crippen LogP contribution in [0.25, 0.3) is 28.2 Å². The molecule has 0 aliphatic carbocycles. The molecule has 0 spiro atoms. The lowest BCUT2D eigenvalue weighted by Crippen LogP contribution is -2.18. The maximum atomic E-state index is 12.1. The van der Waals surface area contributed by atoms with Crippen LogP contribution in [-0.2, 0) is 0 Å². The zero-order chi connectivity index (χ0) is 19.7. The summed E-state index contributed by atoms with van der Waals surface area (Å²) in [6.07, 6.45) is 1.80. The maximum Gasteiger partial charge on any atom is 0.252 e. The highest BCUT2D eigenvalue weighted by molar-refractivity contribution is 5.94. The number of rotatable bonds is 3. The molecule has 0 saturated carbocycles. The highest BCUT2D eigenvalue weighted by atomic mass is 16.1. The van der Waals surface area contributed by atoms with Crippen molar-refractivity contribution in [3.8, 4) is 28.6 Å². The van der Waals surface area contributed by atoms with E-state index in [1.807, 2.05) is 41.7 Å². The van der Waals surface area contributed by atoms with Crippen LogP contribution in [0.2, 0.25) is 0 Å². The average molecular weight is 366 g/mol. The van der Waals surface area contributed by atoms with Gasteiger partial charge in [0.1, 0.15) is 5.65 Å². The van der Waals surface area contributed by atoms with Gasteiger partial charge in [-0.05, 0) is 31.2 Å². The van der Waals surface area contributed by atoms with Crippen LogP contribution in [0, 0.1) is 18.3 Å². The van der Waals surface area contributed by atoms with E-state index in [1.54, 1.807) is 31.4 Å². The quantitative estimate of drug-likeness (QED) is 0.590. The van der Waals surface area contributed by atoms with Gasteiger partial charge in [-0.1, -0.05) is 42.0 Å². The molecule has 0 radical (unpaired) electrons. The molecule has 0 bridgehead atoms. The number of carbonyl (C=O) groups is 1. The predicted octanol–water partition coefficient (Wildman–Crippen LogP) is 4.21. The molecule has 0 fully saturated rings. The molecule has 1 N–H and O–H groups in total. The molecule has 2 aromatic heterocycles. The van der Waals surface area contributed by atoms with Crippen LogP contribution < -0.4 is 5.32 Å². The van der Waals surface area contributed by atoms with Gasteiger partial charge in [-0.15, -0.1) is 0 Å². The second kappa shape index (κ2) is 7.01. The largest absolute Gasteiger partial charge is 0.355 e. The second-order valence-electron chi connectivity index (χ2n) is 6.59. The number of hydrogen-bond donors (Lipinski definition) is 1. The predicted molar refractivity (Wildman–Crippen MR) is 109 cm³/mol. The monoisotopic (exact) mass is 366 g/mol. The van der Waals surface area contributed by atoms with Gasteiger partial charge < -0.3 is 5.32 Å². The molecule has 0 aliphatic heterocycles. The molecule has 4 aromatic rings. The van der Waals surface area contributed by atoms with E-state index >= 15 is 0 Å². The Labute approximate surface area is 162 Å². The van der Waals surface area contributed by atoms with Crippen molar-refractivity contribution in [2.75, 3.05) is 7.05 Å². The summed E-state index contributed by atoms with van der Waals surface area (Å²) >= 11 is 0. The summed E-state index contributed by atoms with van der Waals surface area (Å²) in [5, 5.41) is 11.8. The molecule has 5 heteroatoms. The standard InChI is InChI=1S/C23H18N4O/c1-15-3-7-17(8-4-15)21-22(18-9-5-16(13-24)6-10-18)27-14-19(23(28)25-2)11-12-20(27)26-21/h3-12,14H,1-2H3,(H,25,28). The van der Waals surface area contributed by atoms with E-state index in [0.29, 0.717) is 11.1 Å². The normalized spacial score (nSPS) is 10.6. The molecule has 2 aromatic carbocycles. The van der Waals surface area contributed by atoms with E-state index in [0.717, 1.165) is 28.2 Å². The SMILES string of the molecule is CNC(=O)c1ccc2nc(-c3ccc(C)cc3)c(-c3ccc(C#N)cc3)n2c1. The molecule has 1 amide bonds. The first kappa shape index (κ1) is 17.5. The van der Waals surface area contributed by atoms with Crippen LogP contribution in [-0.4, -0.2) is 22.3 Å². The van der Waals surface area contributed by atoms with Crippen molar-refractivity contribution < 1.29 is 4.79 Å². The van der Waals surface area contributed by atoms with Crippen LogP contribution in [0.5, 0.6) is 0 Å². The third-order valence-corrected chi connectivity index (χ3v) is 4.72. The number of pyridine rings is 1. The van der Waals surface area contributed by atoms with E-state index in [-0.39, 0.29) is 5.91 Å². The van der Waals surface area contributed by atoms with Gasteiger partial charge in [-0.3, -0.25) is 9.20 Å². The van der Waals surface area contributed by atoms with Crippen LogP contribution in [0.3, 0.4) is 0 Å². The molecule has 0 atom stereocenters. The van der Waals surface area contributed by atoms with Crippen molar-refractivity contribution >= 4 is 11.6 Å². The van der Waals surface area contributed by atoms with E-state index in [1.165, 1.54) is 5.56 Å². The Hall–Kier alpha value is -3.91. The number of nitrogens with one attached hydrogen (secondary N) is 1. The first-order valence-electron chi connectivity index (χ1n) is 8.92. The molecule has 5 nitrogen and oxygen atoms in total. The molecule has 0 unspecified atom stereocenters. The number of benzene rings is 2. The minimum atomic E-state index is -0.154. The third kappa shape index (κ3) is 3.01. The highest BCUT2D eigenvalue weighted by Gasteiger charge is 2.17. The zero-order valence-corrected chi connectivity index (χ0v) is 15.6. The molecular formula is C23H18N4O. The van der Waals surface area contributed by atoms with Crippen molar-refractivity contribution in [1.82, 2.24) is 14.7 Å². The van der Waals surface area contributed by atoms with Crippen LogP contribution >= 0.6 is 0 Å². The highest BCUT2D eigenvalue weighted by Crippen LogP contribution is 2.33. The van der Waals surface area contributed by atoms with Gasteiger partial charge in [0.2, 0.25) is 0 Å². The number of nitriles is 1. The number of fused-ring (bicyclic) bond motifs is 1. The maximum absolute atomic E-state index is 12.1. The molecule has 0 aliphatic rings. The lowest BCUT2D eigenvalue weighted by molar-refractivity contribution is 0.0962. The summed E-state index contributed by atoms with van der Waals surface area (Å²) in [4.78, 5) is 16.9. The van der Waals surface area contributed by atoms with Gasteiger partial charge >= 0.3 is 0 Å². The Morgan fingerprint density at radius 2 is 1.68 bits per heavy atom. The van der Waals surface area contributed by atoms with Gasteiger partial charge in [0.05, 0.1) is 28.6 Å². The average Bonchev–Trinajstić information content (AvgIpc) is 3.12. The van der Waals surface area contributed by atoms with Crippen LogP contribution in [0.1, 0.15) is 21.5 Å². The summed E-state index contributed by atoms with van der Waals surface area (Å²) < 4.78 is 1.93. The Morgan fingerprint density at radius 3 is 2.32 bits per heavy atom. The van der Waals surface area contributed by atoms with Gasteiger partial charge in [0.25, 0.3) is 5.91 Å². The summed E-state index contributed by atoms with van der Waals surface area (Å²) in [7, 11) is 1.61. The lowest BCUT2D eigenvalue weighted by atomic mass is 10.0. The summed E-state index contributed by atoms with van der Waals surface area (Å²) in [5.74, 6) is -0.154. The fraction of sp³-hybridized carbons (Fsp3) is 0.0870. The molecule has 2 heterocycles. The lowest BCUT2D eigenvalue weighted by Gasteiger charge is -2.08. The van der Waals surface area contributed by atoms with Gasteiger partial charge in [-0.2, -0.15) is 5.26 Å². The first-order valence-corrected chi connectivity index (χ1v) is 8.92. The van der Waals surface area contributed by atoms with Crippen molar-refractivity contribution in [1.29, 1.82) is 5.26 Å². The number of nitrogens with zero attached hydrogens (tertiary/aromatic N) is 3. The van der Waals surface area contributed by atoms with E-state index in [4.69, 9.17) is 10.2 Å². The minimum Gasteiger partial charge on any atom is -0.355 e. The van der Waals surface area contributed by atoms with Crippen LogP contribution in [0.15, 0.2) is 66.9 Å². The number of imidazole rings is 1. The van der Waals surface area contributed by atoms with Crippen LogP contribution in [0.4, 0.5) is 0 Å². The molecule has 28 heavy (non-hydrogen) atoms. The number of aryl methyl sites for hydroxylation is 1. The fourth-order valence-electron chi connectivity index (χ4n) is 3.21. The summed E-state index contributed by atoms with van der Waals surface area (Å²) in [5.41, 5.74) is 6.72. The number of amides is 1. The van der Waals surface area contributed by atoms with E-state index < -0.39 is 0 Å². The Kier molecular flexibility index (Phi) is 4.38. The van der Waals surface area contributed by atoms with Gasteiger partial charge in [-0.25, -0.2) is 4.98 Å². The van der Waals surface area contributed by atoms with Crippen molar-refractivity contribution in [3.05, 3.63) is 83.6 Å². The number of carbonyl (C=O) groups excluding carboxylic acids is 1. The third-order valence-electron chi connectivity index (χ3n) is 4.72. The summed E-state index contributed by atoms with van der Waals surface area (Å²) in [6, 6.07) is 21.3. The topological polar surface area (TPSA) is 70.2 Å². The Morgan fingerprint density at radius 1 is 1.00 bits per heavy atom. The number of aromatic nitrogens is 2. The molecule has 136 valence electrons. The van der Waals surface area contributed by atoms with Crippen molar-refractivity contribution in [2.45, 2.75) is 6.92 Å². The first-order chi connectivity index (χ1) is 13.6. The second-order valence-corrected chi connectivity index (χ2v) is 6.59. The van der Waals surface area contributed by atoms with Gasteiger partial charge in [0, 0.05) is 24.4 Å². The summed E-state index contributed by atoms with van der Waals surface area (Å²) in [6.45, 7) is 2.05. The van der Waals surface area contributed by atoms with Crippen molar-refractivity contribution in [2.24, 2.45) is 0 Å². The molecule has 4 rings (SSSR count). The minimum absolute atomic E-state index is 0.154. The number of hydrogen-bond acceptors (Lipinski definition) is 3.